The average Bonchev–Trinajstić information content (AvgIpc) is 2.66. The van der Waals surface area contributed by atoms with Crippen LogP contribution in [0.15, 0.2) is 18.2 Å². The number of amides is 1. The zero-order valence-corrected chi connectivity index (χ0v) is 8.43. The van der Waals surface area contributed by atoms with Crippen molar-refractivity contribution in [3.63, 3.8) is 0 Å². The molecule has 0 atom stereocenters. The highest BCUT2D eigenvalue weighted by Gasteiger charge is 2.18. The molecule has 80 valence electrons. The van der Waals surface area contributed by atoms with Gasteiger partial charge in [-0.15, -0.1) is 0 Å². The largest absolute Gasteiger partial charge is 0.347 e. The van der Waals surface area contributed by atoms with Gasteiger partial charge >= 0.3 is 0 Å². The van der Waals surface area contributed by atoms with E-state index in [1.54, 1.807) is 12.1 Å². The maximum absolute atomic E-state index is 11.3. The van der Waals surface area contributed by atoms with Crippen LogP contribution in [0.5, 0.6) is 0 Å². The standard InChI is InChI=1S/C11H9N3O2/c15-6-7-1-2-9-8(3-7)13-10-4-12-11(16)5-14(9)10/h1-3,6H,4-5H2,(H,12,16). The SMILES string of the molecule is O=Cc1ccc2c(c1)nc1n2CC(=O)NC1. The third-order valence-electron chi connectivity index (χ3n) is 2.73. The Morgan fingerprint density at radius 3 is 3.12 bits per heavy atom. The van der Waals surface area contributed by atoms with E-state index in [1.807, 2.05) is 10.6 Å². The molecule has 2 heterocycles. The molecule has 1 aromatic carbocycles. The van der Waals surface area contributed by atoms with E-state index < -0.39 is 0 Å². The van der Waals surface area contributed by atoms with Crippen LogP contribution in [-0.4, -0.2) is 21.7 Å². The second-order valence-corrected chi connectivity index (χ2v) is 3.76. The van der Waals surface area contributed by atoms with Gasteiger partial charge in [0.15, 0.2) is 0 Å². The van der Waals surface area contributed by atoms with E-state index in [0.29, 0.717) is 18.7 Å². The van der Waals surface area contributed by atoms with Crippen LogP contribution in [0.4, 0.5) is 0 Å². The number of carbonyl (C=O) groups excluding carboxylic acids is 2. The van der Waals surface area contributed by atoms with Gasteiger partial charge in [-0.3, -0.25) is 9.59 Å². The van der Waals surface area contributed by atoms with E-state index in [2.05, 4.69) is 10.3 Å². The van der Waals surface area contributed by atoms with E-state index in [9.17, 15) is 9.59 Å². The number of benzene rings is 1. The first-order chi connectivity index (χ1) is 7.78. The molecule has 1 aromatic heterocycles. The number of hydrogen-bond donors (Lipinski definition) is 1. The van der Waals surface area contributed by atoms with Crippen molar-refractivity contribution >= 4 is 23.2 Å². The lowest BCUT2D eigenvalue weighted by Gasteiger charge is -2.14. The van der Waals surface area contributed by atoms with Gasteiger partial charge in [-0.25, -0.2) is 4.98 Å². The Morgan fingerprint density at radius 1 is 1.44 bits per heavy atom. The lowest BCUT2D eigenvalue weighted by atomic mass is 10.2. The lowest BCUT2D eigenvalue weighted by Crippen LogP contribution is -2.34. The van der Waals surface area contributed by atoms with Gasteiger partial charge in [0.1, 0.15) is 18.7 Å². The summed E-state index contributed by atoms with van der Waals surface area (Å²) in [7, 11) is 0. The Balaban J connectivity index is 2.25. The first kappa shape index (κ1) is 9.08. The van der Waals surface area contributed by atoms with Crippen molar-refractivity contribution in [1.82, 2.24) is 14.9 Å². The summed E-state index contributed by atoms with van der Waals surface area (Å²) >= 11 is 0. The molecule has 0 saturated carbocycles. The highest BCUT2D eigenvalue weighted by atomic mass is 16.2. The van der Waals surface area contributed by atoms with Gasteiger partial charge in [0.2, 0.25) is 5.91 Å². The topological polar surface area (TPSA) is 64.0 Å². The fraction of sp³-hybridized carbons (Fsp3) is 0.182. The molecule has 1 aliphatic heterocycles. The van der Waals surface area contributed by atoms with Gasteiger partial charge in [-0.05, 0) is 18.2 Å². The molecule has 0 fully saturated rings. The van der Waals surface area contributed by atoms with Crippen LogP contribution in [-0.2, 0) is 17.9 Å². The van der Waals surface area contributed by atoms with Gasteiger partial charge in [0.05, 0.1) is 17.6 Å². The number of nitrogens with zero attached hydrogens (tertiary/aromatic N) is 2. The molecule has 0 radical (unpaired) electrons. The van der Waals surface area contributed by atoms with E-state index >= 15 is 0 Å². The van der Waals surface area contributed by atoms with Crippen LogP contribution >= 0.6 is 0 Å². The highest BCUT2D eigenvalue weighted by Crippen LogP contribution is 2.19. The molecular formula is C11H9N3O2. The Labute approximate surface area is 91.1 Å². The van der Waals surface area contributed by atoms with E-state index in [-0.39, 0.29) is 5.91 Å². The van der Waals surface area contributed by atoms with E-state index in [4.69, 9.17) is 0 Å². The molecule has 0 bridgehead atoms. The number of carbonyl (C=O) groups is 2. The first-order valence-corrected chi connectivity index (χ1v) is 4.99. The quantitative estimate of drug-likeness (QED) is 0.703. The summed E-state index contributed by atoms with van der Waals surface area (Å²) in [6.45, 7) is 0.746. The van der Waals surface area contributed by atoms with Gasteiger partial charge in [0.25, 0.3) is 0 Å². The minimum atomic E-state index is -0.00809. The molecule has 0 spiro atoms. The molecule has 3 rings (SSSR count). The third kappa shape index (κ3) is 1.21. The molecule has 1 N–H and O–H groups in total. The second-order valence-electron chi connectivity index (χ2n) is 3.76. The number of hydrogen-bond acceptors (Lipinski definition) is 3. The van der Waals surface area contributed by atoms with Crippen LogP contribution in [0.1, 0.15) is 16.2 Å². The monoisotopic (exact) mass is 215 g/mol. The fourth-order valence-electron chi connectivity index (χ4n) is 1.96. The maximum Gasteiger partial charge on any atom is 0.240 e. The Hall–Kier alpha value is -2.17. The molecule has 1 amide bonds. The third-order valence-corrected chi connectivity index (χ3v) is 2.73. The van der Waals surface area contributed by atoms with Crippen molar-refractivity contribution in [3.8, 4) is 0 Å². The number of nitrogens with one attached hydrogen (secondary N) is 1. The summed E-state index contributed by atoms with van der Waals surface area (Å²) in [4.78, 5) is 26.3. The van der Waals surface area contributed by atoms with Crippen LogP contribution in [0.3, 0.4) is 0 Å². The fourth-order valence-corrected chi connectivity index (χ4v) is 1.96. The molecule has 0 aliphatic carbocycles. The zero-order valence-electron chi connectivity index (χ0n) is 8.43. The Bertz CT molecular complexity index is 601. The van der Waals surface area contributed by atoms with Crippen molar-refractivity contribution in [2.24, 2.45) is 0 Å². The summed E-state index contributed by atoms with van der Waals surface area (Å²) < 4.78 is 1.88. The van der Waals surface area contributed by atoms with Gasteiger partial charge in [0, 0.05) is 5.56 Å². The molecule has 16 heavy (non-hydrogen) atoms. The summed E-state index contributed by atoms with van der Waals surface area (Å²) in [5.74, 6) is 0.823. The summed E-state index contributed by atoms with van der Waals surface area (Å²) in [6, 6.07) is 5.29. The van der Waals surface area contributed by atoms with Crippen LogP contribution in [0.25, 0.3) is 11.0 Å². The van der Waals surface area contributed by atoms with Crippen molar-refractivity contribution in [1.29, 1.82) is 0 Å². The van der Waals surface area contributed by atoms with Crippen LogP contribution in [0, 0.1) is 0 Å². The second kappa shape index (κ2) is 3.16. The predicted molar refractivity (Wildman–Crippen MR) is 57.0 cm³/mol. The van der Waals surface area contributed by atoms with Gasteiger partial charge in [-0.1, -0.05) is 0 Å². The van der Waals surface area contributed by atoms with E-state index in [1.165, 1.54) is 0 Å². The number of imidazole rings is 1. The number of fused-ring (bicyclic) bond motifs is 3. The molecule has 0 unspecified atom stereocenters. The molecule has 2 aromatic rings. The highest BCUT2D eigenvalue weighted by molar-refractivity contribution is 5.87. The Kier molecular flexibility index (Phi) is 1.80. The lowest BCUT2D eigenvalue weighted by molar-refractivity contribution is -0.122. The maximum atomic E-state index is 11.3. The molecular weight excluding hydrogens is 206 g/mol. The molecule has 5 nitrogen and oxygen atoms in total. The summed E-state index contributed by atoms with van der Waals surface area (Å²) in [5, 5.41) is 2.74. The summed E-state index contributed by atoms with van der Waals surface area (Å²) in [5.41, 5.74) is 2.26. The number of rotatable bonds is 1. The predicted octanol–water partition coefficient (Wildman–Crippen LogP) is 0.479. The first-order valence-electron chi connectivity index (χ1n) is 4.99. The van der Waals surface area contributed by atoms with E-state index in [0.717, 1.165) is 23.1 Å². The van der Waals surface area contributed by atoms with Crippen molar-refractivity contribution in [2.45, 2.75) is 13.1 Å². The minimum absolute atomic E-state index is 0.00809. The van der Waals surface area contributed by atoms with Crippen molar-refractivity contribution in [3.05, 3.63) is 29.6 Å². The van der Waals surface area contributed by atoms with Crippen LogP contribution < -0.4 is 5.32 Å². The van der Waals surface area contributed by atoms with Crippen molar-refractivity contribution in [2.75, 3.05) is 0 Å². The van der Waals surface area contributed by atoms with Gasteiger partial charge < -0.3 is 9.88 Å². The smallest absolute Gasteiger partial charge is 0.240 e. The molecule has 5 heteroatoms. The zero-order chi connectivity index (χ0) is 11.1. The summed E-state index contributed by atoms with van der Waals surface area (Å²) in [6.07, 6.45) is 0.793. The minimum Gasteiger partial charge on any atom is -0.347 e. The van der Waals surface area contributed by atoms with Gasteiger partial charge in [-0.2, -0.15) is 0 Å². The number of aromatic nitrogens is 2. The molecule has 1 aliphatic rings. The average molecular weight is 215 g/mol. The molecule has 0 saturated heterocycles. The Morgan fingerprint density at radius 2 is 2.31 bits per heavy atom. The normalized spacial score (nSPS) is 14.6. The van der Waals surface area contributed by atoms with Crippen LogP contribution in [0.2, 0.25) is 0 Å². The number of aldehydes is 1. The van der Waals surface area contributed by atoms with Crippen molar-refractivity contribution < 1.29 is 9.59 Å².